The number of rotatable bonds is 7. The van der Waals surface area contributed by atoms with Crippen LogP contribution >= 0.6 is 0 Å². The van der Waals surface area contributed by atoms with Gasteiger partial charge in [0, 0.05) is 6.42 Å². The highest BCUT2D eigenvalue weighted by Gasteiger charge is 2.30. The monoisotopic (exact) mass is 550 g/mol. The van der Waals surface area contributed by atoms with E-state index in [1.54, 1.807) is 12.1 Å². The van der Waals surface area contributed by atoms with Gasteiger partial charge in [-0.3, -0.25) is 14.4 Å². The molecular weight excluding hydrogens is 512 g/mol. The second-order valence-corrected chi connectivity index (χ2v) is 10.2. The molecule has 214 valence electrons. The first-order valence-electron chi connectivity index (χ1n) is 13.6. The molecule has 0 aliphatic carbocycles. The molecule has 4 rings (SSSR count). The Balaban J connectivity index is 1.83. The van der Waals surface area contributed by atoms with Crippen molar-refractivity contribution in [1.29, 1.82) is 5.41 Å². The van der Waals surface area contributed by atoms with Gasteiger partial charge in [-0.05, 0) is 54.9 Å². The maximum absolute atomic E-state index is 13.5. The summed E-state index contributed by atoms with van der Waals surface area (Å²) in [5, 5.41) is 15.5. The number of amides is 3. The fourth-order valence-electron chi connectivity index (χ4n) is 4.35. The Hall–Kier alpha value is -4.21. The number of alkyl carbamates (subject to hydrolysis) is 1. The molecule has 0 fully saturated rings. The second kappa shape index (κ2) is 15.4. The molecule has 10 nitrogen and oxygen atoms in total. The normalized spacial score (nSPS) is 20.4. The number of ether oxygens (including phenoxy) is 2. The van der Waals surface area contributed by atoms with Crippen molar-refractivity contribution < 1.29 is 28.7 Å². The predicted octanol–water partition coefficient (Wildman–Crippen LogP) is 3.32. The number of carbonyl (C=O) groups is 4. The fraction of sp³-hybridized carbons (Fsp3) is 0.433. The maximum Gasteiger partial charge on any atom is 0.408 e. The summed E-state index contributed by atoms with van der Waals surface area (Å²) in [6, 6.07) is 13.5. The summed E-state index contributed by atoms with van der Waals surface area (Å²) >= 11 is 0. The van der Waals surface area contributed by atoms with Crippen LogP contribution in [0.15, 0.2) is 54.6 Å². The van der Waals surface area contributed by atoms with Gasteiger partial charge in [0.1, 0.15) is 24.4 Å². The average Bonchev–Trinajstić information content (AvgIpc) is 2.94. The number of nitrogens with one attached hydrogen (secondary N) is 4. The summed E-state index contributed by atoms with van der Waals surface area (Å²) < 4.78 is 11.1. The number of ketones is 1. The first kappa shape index (κ1) is 30.3. The summed E-state index contributed by atoms with van der Waals surface area (Å²) in [5.74, 6) is -0.886. The number of fused-ring (bicyclic) bond motifs is 14. The minimum absolute atomic E-state index is 0.0356. The van der Waals surface area contributed by atoms with Gasteiger partial charge >= 0.3 is 6.09 Å². The smallest absolute Gasteiger partial charge is 0.408 e. The molecule has 0 saturated carbocycles. The first-order chi connectivity index (χ1) is 19.2. The number of carbonyl (C=O) groups excluding carboxylic acids is 4. The van der Waals surface area contributed by atoms with E-state index >= 15 is 0 Å². The molecular formula is C30H38N4O6. The molecule has 0 saturated heterocycles. The van der Waals surface area contributed by atoms with E-state index in [2.05, 4.69) is 16.0 Å². The molecule has 2 bridgehead atoms. The Bertz CT molecular complexity index is 1150. The van der Waals surface area contributed by atoms with Crippen LogP contribution < -0.4 is 20.7 Å². The molecule has 1 unspecified atom stereocenters. The molecule has 40 heavy (non-hydrogen) atoms. The van der Waals surface area contributed by atoms with E-state index in [9.17, 15) is 19.2 Å². The molecule has 0 aromatic heterocycles. The zero-order valence-electron chi connectivity index (χ0n) is 23.0. The van der Waals surface area contributed by atoms with Gasteiger partial charge in [0.2, 0.25) is 11.8 Å². The number of hydrogen-bond donors (Lipinski definition) is 4. The first-order valence-corrected chi connectivity index (χ1v) is 13.6. The molecule has 0 radical (unpaired) electrons. The molecule has 10 heteroatoms. The SMILES string of the molecule is CC(C)C[C@@H]1NC(=O)[C@@H](NC(=O)OCc2ccccc2)Cc2ccc(cc2)OCCCCC(C(=O)C=N)NC1=O. The van der Waals surface area contributed by atoms with Crippen molar-refractivity contribution in [3.63, 3.8) is 0 Å². The Morgan fingerprint density at radius 3 is 2.45 bits per heavy atom. The van der Waals surface area contributed by atoms with Crippen LogP contribution in [0, 0.1) is 11.3 Å². The molecule has 2 aromatic carbocycles. The molecule has 3 atom stereocenters. The molecule has 0 spiro atoms. The lowest BCUT2D eigenvalue weighted by Crippen LogP contribution is -2.56. The number of benzene rings is 2. The third kappa shape index (κ3) is 9.83. The third-order valence-corrected chi connectivity index (χ3v) is 6.48. The Kier molecular flexibility index (Phi) is 11.7. The molecule has 3 amide bonds. The van der Waals surface area contributed by atoms with Crippen LogP contribution in [0.5, 0.6) is 5.75 Å². The maximum atomic E-state index is 13.5. The van der Waals surface area contributed by atoms with Gasteiger partial charge in [0.15, 0.2) is 5.78 Å². The highest BCUT2D eigenvalue weighted by molar-refractivity contribution is 6.29. The third-order valence-electron chi connectivity index (χ3n) is 6.48. The van der Waals surface area contributed by atoms with Gasteiger partial charge in [0.25, 0.3) is 0 Å². The van der Waals surface area contributed by atoms with E-state index in [0.29, 0.717) is 44.3 Å². The summed E-state index contributed by atoms with van der Waals surface area (Å²) in [6.45, 7) is 4.29. The quantitative estimate of drug-likeness (QED) is 0.389. The van der Waals surface area contributed by atoms with Crippen molar-refractivity contribution in [2.24, 2.45) is 5.92 Å². The van der Waals surface area contributed by atoms with Crippen molar-refractivity contribution in [2.75, 3.05) is 6.61 Å². The largest absolute Gasteiger partial charge is 0.494 e. The minimum Gasteiger partial charge on any atom is -0.494 e. The fourth-order valence-corrected chi connectivity index (χ4v) is 4.35. The van der Waals surface area contributed by atoms with Crippen LogP contribution in [0.2, 0.25) is 0 Å². The van der Waals surface area contributed by atoms with Crippen LogP contribution in [0.3, 0.4) is 0 Å². The van der Waals surface area contributed by atoms with Crippen molar-refractivity contribution in [3.8, 4) is 5.75 Å². The summed E-state index contributed by atoms with van der Waals surface area (Å²) in [4.78, 5) is 51.8. The lowest BCUT2D eigenvalue weighted by Gasteiger charge is -2.26. The summed E-state index contributed by atoms with van der Waals surface area (Å²) in [7, 11) is 0. The average molecular weight is 551 g/mol. The van der Waals surface area contributed by atoms with E-state index in [-0.39, 0.29) is 18.9 Å². The van der Waals surface area contributed by atoms with E-state index in [0.717, 1.165) is 11.1 Å². The molecule has 2 aromatic rings. The van der Waals surface area contributed by atoms with Crippen molar-refractivity contribution in [3.05, 3.63) is 65.7 Å². The van der Waals surface area contributed by atoms with Crippen LogP contribution in [-0.4, -0.2) is 54.6 Å². The van der Waals surface area contributed by atoms with Crippen LogP contribution in [0.25, 0.3) is 0 Å². The van der Waals surface area contributed by atoms with Crippen LogP contribution in [0.4, 0.5) is 4.79 Å². The number of hydrogen-bond acceptors (Lipinski definition) is 7. The molecule has 2 heterocycles. The van der Waals surface area contributed by atoms with E-state index < -0.39 is 41.8 Å². The van der Waals surface area contributed by atoms with E-state index in [4.69, 9.17) is 14.9 Å². The van der Waals surface area contributed by atoms with Gasteiger partial charge in [0.05, 0.1) is 18.9 Å². The lowest BCUT2D eigenvalue weighted by molar-refractivity contribution is -0.131. The summed E-state index contributed by atoms with van der Waals surface area (Å²) in [5.41, 5.74) is 1.58. The van der Waals surface area contributed by atoms with Gasteiger partial charge < -0.3 is 30.8 Å². The highest BCUT2D eigenvalue weighted by Crippen LogP contribution is 2.16. The molecule has 4 N–H and O–H groups in total. The Labute approximate surface area is 234 Å². The standard InChI is InChI=1S/C30H38N4O6/c1-20(2)16-25-28(36)32-24(27(35)18-31)10-6-7-15-39-23-13-11-21(12-14-23)17-26(29(37)33-25)34-30(38)40-19-22-8-4-3-5-9-22/h3-5,8-9,11-14,18,20,24-26,31H,6-7,10,15-17,19H2,1-2H3,(H,32,36)(H,33,37)(H,34,38)/t24?,25-,26-/m0/s1. The van der Waals surface area contributed by atoms with Gasteiger partial charge in [-0.25, -0.2) is 4.79 Å². The Morgan fingerprint density at radius 1 is 1.05 bits per heavy atom. The van der Waals surface area contributed by atoms with E-state index in [1.165, 1.54) is 0 Å². The van der Waals surface area contributed by atoms with Crippen LogP contribution in [0.1, 0.15) is 50.7 Å². The lowest BCUT2D eigenvalue weighted by atomic mass is 10.00. The Morgan fingerprint density at radius 2 is 1.77 bits per heavy atom. The van der Waals surface area contributed by atoms with Gasteiger partial charge in [-0.2, -0.15) is 0 Å². The van der Waals surface area contributed by atoms with Crippen molar-refractivity contribution in [2.45, 2.75) is 70.7 Å². The van der Waals surface area contributed by atoms with Gasteiger partial charge in [-0.15, -0.1) is 0 Å². The molecule has 2 aliphatic heterocycles. The highest BCUT2D eigenvalue weighted by atomic mass is 16.5. The minimum atomic E-state index is -1.04. The zero-order chi connectivity index (χ0) is 28.9. The predicted molar refractivity (Wildman–Crippen MR) is 150 cm³/mol. The van der Waals surface area contributed by atoms with Crippen molar-refractivity contribution >= 4 is 29.9 Å². The topological polar surface area (TPSA) is 147 Å². The zero-order valence-corrected chi connectivity index (χ0v) is 23.0. The van der Waals surface area contributed by atoms with E-state index in [1.807, 2.05) is 56.3 Å². The van der Waals surface area contributed by atoms with Gasteiger partial charge in [-0.1, -0.05) is 56.3 Å². The number of Topliss-reactive ketones (excluding diaryl/α,β-unsaturated/α-hetero) is 1. The molecule has 2 aliphatic rings. The van der Waals surface area contributed by atoms with Crippen molar-refractivity contribution in [1.82, 2.24) is 16.0 Å². The van der Waals surface area contributed by atoms with Crippen LogP contribution in [-0.2, 0) is 32.1 Å². The second-order valence-electron chi connectivity index (χ2n) is 10.2. The summed E-state index contributed by atoms with van der Waals surface area (Å²) in [6.07, 6.45) is 1.98.